The van der Waals surface area contributed by atoms with Crippen molar-refractivity contribution in [3.05, 3.63) is 75.3 Å². The molecule has 0 aliphatic rings. The topological polar surface area (TPSA) is 111 Å². The van der Waals surface area contributed by atoms with Gasteiger partial charge in [0.15, 0.2) is 0 Å². The zero-order valence-electron chi connectivity index (χ0n) is 13.1. The number of amides is 1. The molecule has 3 aromatic rings. The van der Waals surface area contributed by atoms with Gasteiger partial charge in [-0.3, -0.25) is 20.2 Å². The van der Waals surface area contributed by atoms with Gasteiger partial charge in [-0.05, 0) is 48.0 Å². The molecule has 0 saturated carbocycles. The Hall–Kier alpha value is -3.52. The van der Waals surface area contributed by atoms with Gasteiger partial charge in [0, 0.05) is 28.8 Å². The molecule has 0 fully saturated rings. The van der Waals surface area contributed by atoms with E-state index in [0.29, 0.717) is 16.1 Å². The molecule has 0 aliphatic carbocycles. The summed E-state index contributed by atoms with van der Waals surface area (Å²) >= 11 is 5.82. The van der Waals surface area contributed by atoms with Gasteiger partial charge in [0.25, 0.3) is 11.6 Å². The van der Waals surface area contributed by atoms with E-state index in [0.717, 1.165) is 0 Å². The molecule has 0 atom stereocenters. The number of benzene rings is 2. The summed E-state index contributed by atoms with van der Waals surface area (Å²) in [7, 11) is 0. The SMILES string of the molecule is O=C(C=Cc1ccc([N+](=O)[O-])cc1)Nc1nnc(-c2ccc(Cl)cc2)o1. The lowest BCUT2D eigenvalue weighted by molar-refractivity contribution is -0.384. The van der Waals surface area contributed by atoms with Crippen LogP contribution in [-0.2, 0) is 4.79 Å². The van der Waals surface area contributed by atoms with Crippen LogP contribution < -0.4 is 5.32 Å². The Morgan fingerprint density at radius 3 is 2.46 bits per heavy atom. The fraction of sp³-hybridized carbons (Fsp3) is 0. The number of carbonyl (C=O) groups is 1. The van der Waals surface area contributed by atoms with E-state index in [1.165, 1.54) is 36.4 Å². The fourth-order valence-corrected chi connectivity index (χ4v) is 2.13. The lowest BCUT2D eigenvalue weighted by Crippen LogP contribution is -2.07. The van der Waals surface area contributed by atoms with Crippen LogP contribution in [-0.4, -0.2) is 21.0 Å². The molecule has 0 radical (unpaired) electrons. The van der Waals surface area contributed by atoms with Crippen molar-refractivity contribution in [3.8, 4) is 11.5 Å². The summed E-state index contributed by atoms with van der Waals surface area (Å²) in [6.45, 7) is 0. The van der Waals surface area contributed by atoms with Crippen LogP contribution >= 0.6 is 11.6 Å². The lowest BCUT2D eigenvalue weighted by Gasteiger charge is -1.96. The summed E-state index contributed by atoms with van der Waals surface area (Å²) < 4.78 is 5.37. The third-order valence-electron chi connectivity index (χ3n) is 3.28. The quantitative estimate of drug-likeness (QED) is 0.413. The number of aromatic nitrogens is 2. The Balaban J connectivity index is 1.63. The minimum Gasteiger partial charge on any atom is -0.403 e. The van der Waals surface area contributed by atoms with Crippen LogP contribution in [0.15, 0.2) is 59.0 Å². The van der Waals surface area contributed by atoms with E-state index in [1.54, 1.807) is 24.3 Å². The number of nitrogens with zero attached hydrogens (tertiary/aromatic N) is 3. The summed E-state index contributed by atoms with van der Waals surface area (Å²) in [4.78, 5) is 22.0. The second kappa shape index (κ2) is 7.58. The van der Waals surface area contributed by atoms with Crippen LogP contribution in [0.5, 0.6) is 0 Å². The molecule has 1 heterocycles. The van der Waals surface area contributed by atoms with Crippen molar-refractivity contribution in [2.75, 3.05) is 5.32 Å². The number of nitrogens with one attached hydrogen (secondary N) is 1. The van der Waals surface area contributed by atoms with Gasteiger partial charge in [-0.2, -0.15) is 0 Å². The average molecular weight is 371 g/mol. The molecule has 8 nitrogen and oxygen atoms in total. The Labute approximate surface area is 152 Å². The van der Waals surface area contributed by atoms with E-state index >= 15 is 0 Å². The van der Waals surface area contributed by atoms with E-state index in [4.69, 9.17) is 16.0 Å². The summed E-state index contributed by atoms with van der Waals surface area (Å²) in [5.41, 5.74) is 1.29. The van der Waals surface area contributed by atoms with E-state index in [9.17, 15) is 14.9 Å². The van der Waals surface area contributed by atoms with Gasteiger partial charge >= 0.3 is 6.01 Å². The van der Waals surface area contributed by atoms with Crippen LogP contribution in [0.25, 0.3) is 17.5 Å². The standard InChI is InChI=1S/C17H11ClN4O4/c18-13-6-4-12(5-7-13)16-20-21-17(26-16)19-15(23)10-3-11-1-8-14(9-2-11)22(24)25/h1-10H,(H,19,21,23). The number of hydrogen-bond acceptors (Lipinski definition) is 6. The monoisotopic (exact) mass is 370 g/mol. The van der Waals surface area contributed by atoms with Crippen LogP contribution in [0.2, 0.25) is 5.02 Å². The van der Waals surface area contributed by atoms with Gasteiger partial charge in [0.2, 0.25) is 5.89 Å². The van der Waals surface area contributed by atoms with E-state index < -0.39 is 10.8 Å². The normalized spacial score (nSPS) is 10.8. The molecule has 0 spiro atoms. The number of rotatable bonds is 5. The van der Waals surface area contributed by atoms with Crippen LogP contribution in [0.1, 0.15) is 5.56 Å². The van der Waals surface area contributed by atoms with Gasteiger partial charge in [-0.1, -0.05) is 16.7 Å². The van der Waals surface area contributed by atoms with Gasteiger partial charge in [-0.25, -0.2) is 0 Å². The number of anilines is 1. The highest BCUT2D eigenvalue weighted by Crippen LogP contribution is 2.21. The minimum absolute atomic E-state index is 0.0211. The van der Waals surface area contributed by atoms with Crippen LogP contribution in [0.4, 0.5) is 11.7 Å². The summed E-state index contributed by atoms with van der Waals surface area (Å²) in [5, 5.41) is 21.2. The molecular weight excluding hydrogens is 360 g/mol. The maximum absolute atomic E-state index is 11.9. The number of carbonyl (C=O) groups excluding carboxylic acids is 1. The first-order valence-electron chi connectivity index (χ1n) is 7.34. The van der Waals surface area contributed by atoms with Crippen molar-refractivity contribution in [1.82, 2.24) is 10.2 Å². The average Bonchev–Trinajstić information content (AvgIpc) is 3.09. The maximum Gasteiger partial charge on any atom is 0.322 e. The van der Waals surface area contributed by atoms with Crippen molar-refractivity contribution in [3.63, 3.8) is 0 Å². The molecule has 3 rings (SSSR count). The highest BCUT2D eigenvalue weighted by molar-refractivity contribution is 6.30. The van der Waals surface area contributed by atoms with Crippen LogP contribution in [0, 0.1) is 10.1 Å². The second-order valence-electron chi connectivity index (χ2n) is 5.09. The molecule has 26 heavy (non-hydrogen) atoms. The molecule has 1 N–H and O–H groups in total. The first kappa shape index (κ1) is 17.3. The van der Waals surface area contributed by atoms with Crippen LogP contribution in [0.3, 0.4) is 0 Å². The van der Waals surface area contributed by atoms with Gasteiger partial charge in [0.05, 0.1) is 4.92 Å². The van der Waals surface area contributed by atoms with Gasteiger partial charge < -0.3 is 4.42 Å². The predicted octanol–water partition coefficient (Wildman–Crippen LogP) is 3.95. The summed E-state index contributed by atoms with van der Waals surface area (Å²) in [5.74, 6) is -0.231. The third kappa shape index (κ3) is 4.31. The van der Waals surface area contributed by atoms with Gasteiger partial charge in [0.1, 0.15) is 0 Å². The van der Waals surface area contributed by atoms with Gasteiger partial charge in [-0.15, -0.1) is 5.10 Å². The lowest BCUT2D eigenvalue weighted by atomic mass is 10.2. The predicted molar refractivity (Wildman–Crippen MR) is 95.5 cm³/mol. The Kier molecular flexibility index (Phi) is 5.04. The Morgan fingerprint density at radius 1 is 1.12 bits per heavy atom. The number of halogens is 1. The molecule has 9 heteroatoms. The van der Waals surface area contributed by atoms with E-state index in [-0.39, 0.29) is 17.6 Å². The largest absolute Gasteiger partial charge is 0.403 e. The van der Waals surface area contributed by atoms with Crippen molar-refractivity contribution < 1.29 is 14.1 Å². The first-order chi connectivity index (χ1) is 12.5. The van der Waals surface area contributed by atoms with Crippen molar-refractivity contribution in [1.29, 1.82) is 0 Å². The van der Waals surface area contributed by atoms with E-state index in [1.807, 2.05) is 0 Å². The third-order valence-corrected chi connectivity index (χ3v) is 3.53. The molecule has 1 aromatic heterocycles. The molecule has 0 saturated heterocycles. The maximum atomic E-state index is 11.9. The Morgan fingerprint density at radius 2 is 1.81 bits per heavy atom. The Bertz CT molecular complexity index is 965. The van der Waals surface area contributed by atoms with Crippen molar-refractivity contribution in [2.45, 2.75) is 0 Å². The molecule has 130 valence electrons. The second-order valence-corrected chi connectivity index (χ2v) is 5.53. The molecule has 0 bridgehead atoms. The summed E-state index contributed by atoms with van der Waals surface area (Å²) in [6.07, 6.45) is 2.77. The zero-order chi connectivity index (χ0) is 18.5. The number of hydrogen-bond donors (Lipinski definition) is 1. The molecule has 0 aliphatic heterocycles. The molecule has 0 unspecified atom stereocenters. The molecule has 2 aromatic carbocycles. The fourth-order valence-electron chi connectivity index (χ4n) is 2.01. The molecular formula is C17H11ClN4O4. The highest BCUT2D eigenvalue weighted by Gasteiger charge is 2.10. The number of non-ortho nitro benzene ring substituents is 1. The number of nitro groups is 1. The first-order valence-corrected chi connectivity index (χ1v) is 7.72. The zero-order valence-corrected chi connectivity index (χ0v) is 13.9. The minimum atomic E-state index is -0.492. The highest BCUT2D eigenvalue weighted by atomic mass is 35.5. The molecule has 1 amide bonds. The number of nitro benzene ring substituents is 1. The van der Waals surface area contributed by atoms with Crippen molar-refractivity contribution in [2.24, 2.45) is 0 Å². The smallest absolute Gasteiger partial charge is 0.322 e. The van der Waals surface area contributed by atoms with E-state index in [2.05, 4.69) is 15.5 Å². The van der Waals surface area contributed by atoms with Crippen molar-refractivity contribution >= 4 is 35.3 Å². The summed E-state index contributed by atoms with van der Waals surface area (Å²) in [6, 6.07) is 12.5.